The van der Waals surface area contributed by atoms with Crippen molar-refractivity contribution in [3.05, 3.63) is 64.2 Å². The van der Waals surface area contributed by atoms with Crippen LogP contribution in [0.15, 0.2) is 42.5 Å². The second kappa shape index (κ2) is 6.29. The summed E-state index contributed by atoms with van der Waals surface area (Å²) in [5.74, 6) is 0. The minimum Gasteiger partial charge on any atom is -0.399 e. The summed E-state index contributed by atoms with van der Waals surface area (Å²) >= 11 is 6.28. The van der Waals surface area contributed by atoms with Crippen LogP contribution in [-0.2, 0) is 6.54 Å². The molecular weight excluding hydrogens is 268 g/mol. The number of nitrogens with two attached hydrogens (primary N) is 1. The van der Waals surface area contributed by atoms with Gasteiger partial charge >= 0.3 is 0 Å². The number of halogens is 1. The minimum atomic E-state index is 0.254. The highest BCUT2D eigenvalue weighted by molar-refractivity contribution is 6.31. The molecule has 2 nitrogen and oxygen atoms in total. The van der Waals surface area contributed by atoms with E-state index < -0.39 is 0 Å². The predicted molar refractivity (Wildman–Crippen MR) is 86.9 cm³/mol. The summed E-state index contributed by atoms with van der Waals surface area (Å²) in [5.41, 5.74) is 10.4. The fourth-order valence-corrected chi connectivity index (χ4v) is 2.63. The van der Waals surface area contributed by atoms with Crippen LogP contribution >= 0.6 is 11.6 Å². The molecule has 0 radical (unpaired) electrons. The Morgan fingerprint density at radius 3 is 2.55 bits per heavy atom. The quantitative estimate of drug-likeness (QED) is 0.844. The average molecular weight is 289 g/mol. The van der Waals surface area contributed by atoms with Gasteiger partial charge in [0.15, 0.2) is 0 Å². The molecule has 1 unspecified atom stereocenters. The number of benzene rings is 2. The van der Waals surface area contributed by atoms with E-state index in [2.05, 4.69) is 37.9 Å². The van der Waals surface area contributed by atoms with Gasteiger partial charge in [-0.1, -0.05) is 41.9 Å². The highest BCUT2D eigenvalue weighted by Crippen LogP contribution is 2.28. The standard InChI is InChI=1S/C17H21ClN2/c1-12-14(7-6-10-17(12)19)11-20(3)13(2)15-8-4-5-9-16(15)18/h4-10,13H,11,19H2,1-3H3. The van der Waals surface area contributed by atoms with Gasteiger partial charge in [0.1, 0.15) is 0 Å². The van der Waals surface area contributed by atoms with Crippen LogP contribution in [0.3, 0.4) is 0 Å². The van der Waals surface area contributed by atoms with Gasteiger partial charge in [-0.15, -0.1) is 0 Å². The molecule has 2 aromatic rings. The van der Waals surface area contributed by atoms with Gasteiger partial charge < -0.3 is 5.73 Å². The normalized spacial score (nSPS) is 12.7. The monoisotopic (exact) mass is 288 g/mol. The third kappa shape index (κ3) is 3.14. The molecular formula is C17H21ClN2. The topological polar surface area (TPSA) is 29.3 Å². The molecule has 2 rings (SSSR count). The van der Waals surface area contributed by atoms with Crippen LogP contribution in [0.25, 0.3) is 0 Å². The molecule has 0 saturated carbocycles. The average Bonchev–Trinajstić information content (AvgIpc) is 2.43. The van der Waals surface area contributed by atoms with Crippen LogP contribution in [-0.4, -0.2) is 11.9 Å². The molecule has 106 valence electrons. The lowest BCUT2D eigenvalue weighted by molar-refractivity contribution is 0.253. The molecule has 0 aliphatic rings. The molecule has 0 aliphatic carbocycles. The van der Waals surface area contributed by atoms with Gasteiger partial charge in [-0.2, -0.15) is 0 Å². The third-order valence-electron chi connectivity index (χ3n) is 3.92. The SMILES string of the molecule is Cc1c(N)cccc1CN(C)C(C)c1ccccc1Cl. The Labute approximate surface area is 126 Å². The van der Waals surface area contributed by atoms with E-state index in [1.54, 1.807) is 0 Å². The van der Waals surface area contributed by atoms with Crippen molar-refractivity contribution in [3.63, 3.8) is 0 Å². The van der Waals surface area contributed by atoms with Crippen molar-refractivity contribution >= 4 is 17.3 Å². The van der Waals surface area contributed by atoms with Crippen LogP contribution in [0.5, 0.6) is 0 Å². The Bertz CT molecular complexity index is 595. The Kier molecular flexibility index (Phi) is 4.69. The lowest BCUT2D eigenvalue weighted by Gasteiger charge is -2.26. The maximum atomic E-state index is 6.28. The van der Waals surface area contributed by atoms with Crippen molar-refractivity contribution in [3.8, 4) is 0 Å². The summed E-state index contributed by atoms with van der Waals surface area (Å²) in [4.78, 5) is 2.28. The number of hydrogen-bond acceptors (Lipinski definition) is 2. The molecule has 2 aromatic carbocycles. The van der Waals surface area contributed by atoms with Crippen molar-refractivity contribution in [2.75, 3.05) is 12.8 Å². The number of anilines is 1. The van der Waals surface area contributed by atoms with Crippen LogP contribution in [0.1, 0.15) is 29.7 Å². The van der Waals surface area contributed by atoms with Crippen molar-refractivity contribution in [2.24, 2.45) is 0 Å². The van der Waals surface area contributed by atoms with E-state index in [-0.39, 0.29) is 6.04 Å². The van der Waals surface area contributed by atoms with Gasteiger partial charge in [-0.05, 0) is 49.7 Å². The summed E-state index contributed by atoms with van der Waals surface area (Å²) in [6, 6.07) is 14.3. The number of nitrogen functional groups attached to an aromatic ring is 1. The van der Waals surface area contributed by atoms with Crippen molar-refractivity contribution in [1.29, 1.82) is 0 Å². The minimum absolute atomic E-state index is 0.254. The highest BCUT2D eigenvalue weighted by Gasteiger charge is 2.15. The second-order valence-corrected chi connectivity index (χ2v) is 5.65. The lowest BCUT2D eigenvalue weighted by Crippen LogP contribution is -2.22. The zero-order chi connectivity index (χ0) is 14.7. The summed E-state index contributed by atoms with van der Waals surface area (Å²) in [7, 11) is 2.11. The Balaban J connectivity index is 2.18. The molecule has 20 heavy (non-hydrogen) atoms. The molecule has 3 heteroatoms. The largest absolute Gasteiger partial charge is 0.399 e. The van der Waals surface area contributed by atoms with E-state index in [4.69, 9.17) is 17.3 Å². The molecule has 2 N–H and O–H groups in total. The molecule has 0 spiro atoms. The Hall–Kier alpha value is -1.51. The summed E-state index contributed by atoms with van der Waals surface area (Å²) in [6.45, 7) is 5.09. The maximum absolute atomic E-state index is 6.28. The zero-order valence-electron chi connectivity index (χ0n) is 12.2. The maximum Gasteiger partial charge on any atom is 0.0453 e. The molecule has 0 saturated heterocycles. The summed E-state index contributed by atoms with van der Waals surface area (Å²) < 4.78 is 0. The number of nitrogens with zero attached hydrogens (tertiary/aromatic N) is 1. The van der Waals surface area contributed by atoms with Gasteiger partial charge in [0.25, 0.3) is 0 Å². The molecule has 0 aromatic heterocycles. The van der Waals surface area contributed by atoms with Gasteiger partial charge in [-0.25, -0.2) is 0 Å². The zero-order valence-corrected chi connectivity index (χ0v) is 13.0. The highest BCUT2D eigenvalue weighted by atomic mass is 35.5. The number of rotatable bonds is 4. The second-order valence-electron chi connectivity index (χ2n) is 5.24. The van der Waals surface area contributed by atoms with Crippen molar-refractivity contribution in [1.82, 2.24) is 4.90 Å². The number of hydrogen-bond donors (Lipinski definition) is 1. The first kappa shape index (κ1) is 14.9. The van der Waals surface area contributed by atoms with E-state index in [1.807, 2.05) is 30.3 Å². The molecule has 0 aliphatic heterocycles. The molecule has 0 fully saturated rings. The first-order valence-corrected chi connectivity index (χ1v) is 7.17. The smallest absolute Gasteiger partial charge is 0.0453 e. The Morgan fingerprint density at radius 1 is 1.15 bits per heavy atom. The van der Waals surface area contributed by atoms with Gasteiger partial charge in [0.2, 0.25) is 0 Å². The fraction of sp³-hybridized carbons (Fsp3) is 0.294. The molecule has 0 heterocycles. The van der Waals surface area contributed by atoms with Crippen LogP contribution in [0.4, 0.5) is 5.69 Å². The summed E-state index contributed by atoms with van der Waals surface area (Å²) in [6.07, 6.45) is 0. The van der Waals surface area contributed by atoms with Crippen LogP contribution < -0.4 is 5.73 Å². The molecule has 0 amide bonds. The lowest BCUT2D eigenvalue weighted by atomic mass is 10.0. The van der Waals surface area contributed by atoms with Crippen LogP contribution in [0, 0.1) is 6.92 Å². The van der Waals surface area contributed by atoms with E-state index in [9.17, 15) is 0 Å². The first-order chi connectivity index (χ1) is 9.50. The van der Waals surface area contributed by atoms with Gasteiger partial charge in [0.05, 0.1) is 0 Å². The Morgan fingerprint density at radius 2 is 1.85 bits per heavy atom. The van der Waals surface area contributed by atoms with Gasteiger partial charge in [-0.3, -0.25) is 4.90 Å². The third-order valence-corrected chi connectivity index (χ3v) is 4.27. The van der Waals surface area contributed by atoms with E-state index >= 15 is 0 Å². The van der Waals surface area contributed by atoms with E-state index in [0.29, 0.717) is 0 Å². The first-order valence-electron chi connectivity index (χ1n) is 6.79. The van der Waals surface area contributed by atoms with E-state index in [0.717, 1.165) is 28.4 Å². The molecule has 0 bridgehead atoms. The molecule has 1 atom stereocenters. The summed E-state index contributed by atoms with van der Waals surface area (Å²) in [5, 5.41) is 0.816. The van der Waals surface area contributed by atoms with Crippen molar-refractivity contribution < 1.29 is 0 Å². The predicted octanol–water partition coefficient (Wildman–Crippen LogP) is 4.42. The fourth-order valence-electron chi connectivity index (χ4n) is 2.33. The van der Waals surface area contributed by atoms with Gasteiger partial charge in [0, 0.05) is 23.3 Å². The van der Waals surface area contributed by atoms with Crippen LogP contribution in [0.2, 0.25) is 5.02 Å². The van der Waals surface area contributed by atoms with Crippen molar-refractivity contribution in [2.45, 2.75) is 26.4 Å². The van der Waals surface area contributed by atoms with E-state index in [1.165, 1.54) is 5.56 Å².